The number of hydrogen-bond donors (Lipinski definition) is 2. The quantitative estimate of drug-likeness (QED) is 0.746. The first kappa shape index (κ1) is 18.2. The summed E-state index contributed by atoms with van der Waals surface area (Å²) in [7, 11) is -3.72. The molecule has 0 aliphatic carbocycles. The topological polar surface area (TPSA) is 104 Å². The highest BCUT2D eigenvalue weighted by Crippen LogP contribution is 2.20. The molecule has 1 aromatic rings. The van der Waals surface area contributed by atoms with E-state index in [2.05, 4.69) is 11.3 Å². The number of benzene rings is 1. The largest absolute Gasteiger partial charge is 0.481 e. The van der Waals surface area contributed by atoms with Crippen LogP contribution in [-0.4, -0.2) is 49.9 Å². The van der Waals surface area contributed by atoms with Gasteiger partial charge in [-0.3, -0.25) is 9.59 Å². The van der Waals surface area contributed by atoms with Crippen LogP contribution in [0.1, 0.15) is 23.2 Å². The van der Waals surface area contributed by atoms with Crippen LogP contribution in [0.25, 0.3) is 0 Å². The average Bonchev–Trinajstić information content (AvgIpc) is 2.59. The highest BCUT2D eigenvalue weighted by Gasteiger charge is 2.29. The van der Waals surface area contributed by atoms with Gasteiger partial charge < -0.3 is 10.0 Å². The number of carboxylic acid groups (broad SMARTS) is 1. The fraction of sp³-hybridized carbons (Fsp3) is 0.375. The van der Waals surface area contributed by atoms with E-state index in [0.29, 0.717) is 19.4 Å². The third-order valence-corrected chi connectivity index (χ3v) is 5.29. The van der Waals surface area contributed by atoms with Gasteiger partial charge in [-0.1, -0.05) is 12.1 Å². The number of sulfonamides is 1. The lowest BCUT2D eigenvalue weighted by Gasteiger charge is -2.30. The van der Waals surface area contributed by atoms with Crippen molar-refractivity contribution in [1.29, 1.82) is 0 Å². The second-order valence-corrected chi connectivity index (χ2v) is 7.36. The van der Waals surface area contributed by atoms with Crippen LogP contribution in [0, 0.1) is 5.92 Å². The van der Waals surface area contributed by atoms with E-state index >= 15 is 0 Å². The summed E-state index contributed by atoms with van der Waals surface area (Å²) in [6.45, 7) is 4.15. The summed E-state index contributed by atoms with van der Waals surface area (Å²) in [5.41, 5.74) is 0.225. The molecule has 0 aromatic heterocycles. The number of amides is 1. The molecule has 1 atom stereocenters. The number of nitrogens with one attached hydrogen (secondary N) is 1. The Labute approximate surface area is 141 Å². The molecule has 2 N–H and O–H groups in total. The molecular formula is C16H20N2O5S. The number of nitrogens with zero attached hydrogens (tertiary/aromatic N) is 1. The smallest absolute Gasteiger partial charge is 0.308 e. The number of carbonyl (C=O) groups excluding carboxylic acids is 1. The van der Waals surface area contributed by atoms with Crippen molar-refractivity contribution in [3.05, 3.63) is 42.5 Å². The summed E-state index contributed by atoms with van der Waals surface area (Å²) in [5.74, 6) is -1.86. The predicted octanol–water partition coefficient (Wildman–Crippen LogP) is 1.09. The molecule has 0 radical (unpaired) electrons. The molecule has 0 spiro atoms. The molecule has 1 aliphatic heterocycles. The lowest BCUT2D eigenvalue weighted by atomic mass is 9.97. The van der Waals surface area contributed by atoms with E-state index in [1.165, 1.54) is 35.2 Å². The molecule has 24 heavy (non-hydrogen) atoms. The van der Waals surface area contributed by atoms with Crippen molar-refractivity contribution in [3.8, 4) is 0 Å². The second-order valence-electron chi connectivity index (χ2n) is 5.60. The molecule has 1 heterocycles. The standard InChI is InChI=1S/C16H20N2O5S/c1-2-8-17-24(22,23)14-7-3-5-12(10-14)15(19)18-9-4-6-13(11-18)16(20)21/h2-3,5,7,10,13,17H,1,4,6,8-9,11H2,(H,20,21)/t13-/m0/s1. The number of piperidine rings is 1. The van der Waals surface area contributed by atoms with Crippen LogP contribution < -0.4 is 4.72 Å². The molecule has 0 saturated carbocycles. The zero-order valence-electron chi connectivity index (χ0n) is 13.1. The van der Waals surface area contributed by atoms with Gasteiger partial charge in [0, 0.05) is 25.2 Å². The summed E-state index contributed by atoms with van der Waals surface area (Å²) in [4.78, 5) is 25.1. The summed E-state index contributed by atoms with van der Waals surface area (Å²) < 4.78 is 26.6. The van der Waals surface area contributed by atoms with E-state index in [1.807, 2.05) is 0 Å². The molecule has 1 aromatic carbocycles. The molecule has 1 fully saturated rings. The Morgan fingerprint density at radius 2 is 2.17 bits per heavy atom. The zero-order chi connectivity index (χ0) is 17.7. The number of hydrogen-bond acceptors (Lipinski definition) is 4. The van der Waals surface area contributed by atoms with Crippen molar-refractivity contribution in [2.24, 2.45) is 5.92 Å². The van der Waals surface area contributed by atoms with Gasteiger partial charge in [0.25, 0.3) is 5.91 Å². The van der Waals surface area contributed by atoms with Crippen LogP contribution in [0.5, 0.6) is 0 Å². The van der Waals surface area contributed by atoms with Crippen molar-refractivity contribution < 1.29 is 23.1 Å². The van der Waals surface area contributed by atoms with Crippen LogP contribution >= 0.6 is 0 Å². The summed E-state index contributed by atoms with van der Waals surface area (Å²) in [6, 6.07) is 5.73. The molecular weight excluding hydrogens is 332 g/mol. The van der Waals surface area contributed by atoms with Crippen molar-refractivity contribution >= 4 is 21.9 Å². The van der Waals surface area contributed by atoms with Gasteiger partial charge in [-0.05, 0) is 31.0 Å². The van der Waals surface area contributed by atoms with Gasteiger partial charge in [0.1, 0.15) is 0 Å². The first-order valence-electron chi connectivity index (χ1n) is 7.58. The third kappa shape index (κ3) is 4.21. The maximum Gasteiger partial charge on any atom is 0.308 e. The lowest BCUT2D eigenvalue weighted by molar-refractivity contribution is -0.143. The number of likely N-dealkylation sites (tertiary alicyclic amines) is 1. The Balaban J connectivity index is 2.20. The van der Waals surface area contributed by atoms with Crippen LogP contribution in [0.15, 0.2) is 41.8 Å². The Morgan fingerprint density at radius 1 is 1.42 bits per heavy atom. The van der Waals surface area contributed by atoms with E-state index in [9.17, 15) is 18.0 Å². The van der Waals surface area contributed by atoms with E-state index < -0.39 is 21.9 Å². The van der Waals surface area contributed by atoms with Gasteiger partial charge in [0.2, 0.25) is 10.0 Å². The van der Waals surface area contributed by atoms with Gasteiger partial charge >= 0.3 is 5.97 Å². The fourth-order valence-corrected chi connectivity index (χ4v) is 3.64. The monoisotopic (exact) mass is 352 g/mol. The molecule has 1 saturated heterocycles. The Bertz CT molecular complexity index is 745. The normalized spacial score (nSPS) is 18.2. The van der Waals surface area contributed by atoms with E-state index in [4.69, 9.17) is 5.11 Å². The highest BCUT2D eigenvalue weighted by molar-refractivity contribution is 7.89. The molecule has 7 nitrogen and oxygen atoms in total. The maximum atomic E-state index is 12.6. The predicted molar refractivity (Wildman–Crippen MR) is 88.1 cm³/mol. The summed E-state index contributed by atoms with van der Waals surface area (Å²) in [6.07, 6.45) is 2.58. The fourth-order valence-electron chi connectivity index (χ4n) is 2.59. The lowest BCUT2D eigenvalue weighted by Crippen LogP contribution is -2.42. The second kappa shape index (κ2) is 7.59. The number of aliphatic carboxylic acids is 1. The summed E-state index contributed by atoms with van der Waals surface area (Å²) in [5, 5.41) is 9.11. The Kier molecular flexibility index (Phi) is 5.74. The minimum Gasteiger partial charge on any atom is -0.481 e. The van der Waals surface area contributed by atoms with Crippen molar-refractivity contribution in [1.82, 2.24) is 9.62 Å². The van der Waals surface area contributed by atoms with Crippen LogP contribution in [0.2, 0.25) is 0 Å². The number of rotatable bonds is 6. The zero-order valence-corrected chi connectivity index (χ0v) is 14.0. The molecule has 0 bridgehead atoms. The molecule has 1 aliphatic rings. The molecule has 0 unspecified atom stereocenters. The Hall–Kier alpha value is -2.19. The molecule has 130 valence electrons. The molecule has 1 amide bonds. The van der Waals surface area contributed by atoms with Crippen LogP contribution in [0.4, 0.5) is 0 Å². The number of carbonyl (C=O) groups is 2. The van der Waals surface area contributed by atoms with Crippen molar-refractivity contribution in [2.45, 2.75) is 17.7 Å². The van der Waals surface area contributed by atoms with Crippen molar-refractivity contribution in [3.63, 3.8) is 0 Å². The third-order valence-electron chi connectivity index (χ3n) is 3.87. The SMILES string of the molecule is C=CCNS(=O)(=O)c1cccc(C(=O)N2CCC[C@H](C(=O)O)C2)c1. The van der Waals surface area contributed by atoms with Gasteiger partial charge in [0.05, 0.1) is 10.8 Å². The van der Waals surface area contributed by atoms with Gasteiger partial charge in [-0.15, -0.1) is 6.58 Å². The van der Waals surface area contributed by atoms with E-state index in [1.54, 1.807) is 0 Å². The van der Waals surface area contributed by atoms with E-state index in [0.717, 1.165) is 0 Å². The minimum absolute atomic E-state index is 0.0120. The van der Waals surface area contributed by atoms with E-state index in [-0.39, 0.29) is 29.5 Å². The first-order chi connectivity index (χ1) is 11.3. The number of carboxylic acids is 1. The van der Waals surface area contributed by atoms with Gasteiger partial charge in [0.15, 0.2) is 0 Å². The molecule has 8 heteroatoms. The minimum atomic E-state index is -3.72. The van der Waals surface area contributed by atoms with Gasteiger partial charge in [-0.2, -0.15) is 0 Å². The van der Waals surface area contributed by atoms with Crippen molar-refractivity contribution in [2.75, 3.05) is 19.6 Å². The average molecular weight is 352 g/mol. The van der Waals surface area contributed by atoms with Crippen LogP contribution in [0.3, 0.4) is 0 Å². The first-order valence-corrected chi connectivity index (χ1v) is 9.06. The highest BCUT2D eigenvalue weighted by atomic mass is 32.2. The summed E-state index contributed by atoms with van der Waals surface area (Å²) >= 11 is 0. The molecule has 2 rings (SSSR count). The Morgan fingerprint density at radius 3 is 2.83 bits per heavy atom. The van der Waals surface area contributed by atoms with Gasteiger partial charge in [-0.25, -0.2) is 13.1 Å². The van der Waals surface area contributed by atoms with Crippen LogP contribution in [-0.2, 0) is 14.8 Å². The maximum absolute atomic E-state index is 12.6.